The lowest BCUT2D eigenvalue weighted by Gasteiger charge is -2.35. The van der Waals surface area contributed by atoms with Gasteiger partial charge in [-0.25, -0.2) is 0 Å². The molecule has 1 amide bonds. The molecule has 3 N–H and O–H groups in total. The summed E-state index contributed by atoms with van der Waals surface area (Å²) in [5, 5.41) is 16.7. The highest BCUT2D eigenvalue weighted by atomic mass is 16.4. The number of carbonyl (C=O) groups excluding carboxylic acids is 1. The molecule has 1 aromatic rings. The molecular weight excluding hydrogens is 262 g/mol. The van der Waals surface area contributed by atoms with Crippen molar-refractivity contribution in [1.29, 1.82) is 0 Å². The smallest absolute Gasteiger partial charge is 0.306 e. The zero-order valence-corrected chi connectivity index (χ0v) is 11.4. The molecule has 0 radical (unpaired) electrons. The minimum Gasteiger partial charge on any atom is -0.481 e. The molecule has 0 bridgehead atoms. The first-order chi connectivity index (χ1) is 9.52. The number of rotatable bonds is 4. The topological polar surface area (TPSA) is 114 Å². The number of hydrogen-bond donors (Lipinski definition) is 2. The van der Waals surface area contributed by atoms with Gasteiger partial charge in [-0.2, -0.15) is 0 Å². The van der Waals surface area contributed by atoms with Crippen molar-refractivity contribution in [3.63, 3.8) is 0 Å². The zero-order valence-electron chi connectivity index (χ0n) is 11.4. The van der Waals surface area contributed by atoms with Crippen LogP contribution < -0.4 is 5.73 Å². The quantitative estimate of drug-likeness (QED) is 0.773. The summed E-state index contributed by atoms with van der Waals surface area (Å²) in [4.78, 5) is 25.0. The van der Waals surface area contributed by atoms with Crippen LogP contribution in [0.5, 0.6) is 0 Å². The Balaban J connectivity index is 2.03. The van der Waals surface area contributed by atoms with Gasteiger partial charge in [0.15, 0.2) is 5.69 Å². The molecule has 2 heterocycles. The molecule has 2 unspecified atom stereocenters. The summed E-state index contributed by atoms with van der Waals surface area (Å²) in [5.41, 5.74) is 5.69. The number of likely N-dealkylation sites (tertiary alicyclic amines) is 1. The highest BCUT2D eigenvalue weighted by Crippen LogP contribution is 2.24. The second-order valence-corrected chi connectivity index (χ2v) is 5.06. The summed E-state index contributed by atoms with van der Waals surface area (Å²) in [5.74, 6) is -1.37. The Hall–Kier alpha value is -1.96. The van der Waals surface area contributed by atoms with E-state index in [2.05, 4.69) is 10.3 Å². The third kappa shape index (κ3) is 2.96. The van der Waals surface area contributed by atoms with Crippen molar-refractivity contribution >= 4 is 11.9 Å². The zero-order chi connectivity index (χ0) is 14.7. The van der Waals surface area contributed by atoms with Crippen LogP contribution in [-0.4, -0.2) is 56.0 Å². The van der Waals surface area contributed by atoms with Gasteiger partial charge in [-0.1, -0.05) is 5.21 Å². The molecular formula is C12H19N5O3. The molecule has 8 heteroatoms. The third-order valence-electron chi connectivity index (χ3n) is 3.60. The van der Waals surface area contributed by atoms with Crippen LogP contribution in [0.1, 0.15) is 30.3 Å². The fraction of sp³-hybridized carbons (Fsp3) is 0.667. The summed E-state index contributed by atoms with van der Waals surface area (Å²) in [6, 6.07) is -0.114. The Labute approximate surface area is 116 Å². The lowest BCUT2D eigenvalue weighted by molar-refractivity contribution is -0.143. The maximum Gasteiger partial charge on any atom is 0.306 e. The van der Waals surface area contributed by atoms with Crippen LogP contribution in [0.3, 0.4) is 0 Å². The van der Waals surface area contributed by atoms with Gasteiger partial charge in [0, 0.05) is 19.1 Å². The summed E-state index contributed by atoms with van der Waals surface area (Å²) in [6.45, 7) is 3.23. The molecule has 2 atom stereocenters. The molecule has 1 aliphatic rings. The highest BCUT2D eigenvalue weighted by molar-refractivity contribution is 5.92. The van der Waals surface area contributed by atoms with Crippen molar-refractivity contribution in [3.05, 3.63) is 11.9 Å². The molecule has 110 valence electrons. The number of piperidine rings is 1. The van der Waals surface area contributed by atoms with Crippen molar-refractivity contribution in [3.8, 4) is 0 Å². The van der Waals surface area contributed by atoms with Gasteiger partial charge in [0.2, 0.25) is 0 Å². The van der Waals surface area contributed by atoms with E-state index in [0.29, 0.717) is 32.5 Å². The SMILES string of the molecule is CC1CC(C(=O)O)CCN1C(=O)c1cn(CCN)nn1. The van der Waals surface area contributed by atoms with Crippen molar-refractivity contribution < 1.29 is 14.7 Å². The molecule has 1 fully saturated rings. The Bertz CT molecular complexity index is 501. The largest absolute Gasteiger partial charge is 0.481 e. The molecule has 2 rings (SSSR count). The molecule has 1 aliphatic heterocycles. The van der Waals surface area contributed by atoms with E-state index in [1.807, 2.05) is 6.92 Å². The Morgan fingerprint density at radius 2 is 2.30 bits per heavy atom. The monoisotopic (exact) mass is 281 g/mol. The number of aromatic nitrogens is 3. The minimum absolute atomic E-state index is 0.114. The standard InChI is InChI=1S/C12H19N5O3/c1-8-6-9(12(19)20)2-4-17(8)11(18)10-7-16(5-3-13)15-14-10/h7-9H,2-6,13H2,1H3,(H,19,20). The number of carboxylic acid groups (broad SMARTS) is 1. The Morgan fingerprint density at radius 1 is 1.55 bits per heavy atom. The van der Waals surface area contributed by atoms with Crippen LogP contribution in [0.4, 0.5) is 0 Å². The van der Waals surface area contributed by atoms with E-state index in [1.54, 1.807) is 11.1 Å². The third-order valence-corrected chi connectivity index (χ3v) is 3.60. The summed E-state index contributed by atoms with van der Waals surface area (Å²) >= 11 is 0. The maximum absolute atomic E-state index is 12.3. The summed E-state index contributed by atoms with van der Waals surface area (Å²) < 4.78 is 1.53. The van der Waals surface area contributed by atoms with Gasteiger partial charge < -0.3 is 15.7 Å². The van der Waals surface area contributed by atoms with E-state index < -0.39 is 5.97 Å². The van der Waals surface area contributed by atoms with E-state index in [0.717, 1.165) is 0 Å². The van der Waals surface area contributed by atoms with Crippen LogP contribution in [-0.2, 0) is 11.3 Å². The fourth-order valence-electron chi connectivity index (χ4n) is 2.48. The second-order valence-electron chi connectivity index (χ2n) is 5.06. The van der Waals surface area contributed by atoms with Gasteiger partial charge in [-0.05, 0) is 19.8 Å². The lowest BCUT2D eigenvalue weighted by atomic mass is 9.91. The fourth-order valence-corrected chi connectivity index (χ4v) is 2.48. The van der Waals surface area contributed by atoms with Crippen LogP contribution >= 0.6 is 0 Å². The Morgan fingerprint density at radius 3 is 2.90 bits per heavy atom. The van der Waals surface area contributed by atoms with Gasteiger partial charge in [-0.3, -0.25) is 14.3 Å². The number of nitrogens with two attached hydrogens (primary N) is 1. The van der Waals surface area contributed by atoms with Crippen LogP contribution in [0.25, 0.3) is 0 Å². The van der Waals surface area contributed by atoms with E-state index in [1.165, 1.54) is 4.68 Å². The van der Waals surface area contributed by atoms with Crippen molar-refractivity contribution in [2.45, 2.75) is 32.4 Å². The molecule has 8 nitrogen and oxygen atoms in total. The number of aliphatic carboxylic acids is 1. The summed E-state index contributed by atoms with van der Waals surface area (Å²) in [7, 11) is 0. The van der Waals surface area contributed by atoms with Gasteiger partial charge in [-0.15, -0.1) is 5.10 Å². The Kier molecular flexibility index (Phi) is 4.33. The van der Waals surface area contributed by atoms with Gasteiger partial charge in [0.1, 0.15) is 0 Å². The normalized spacial score (nSPS) is 22.8. The molecule has 20 heavy (non-hydrogen) atoms. The van der Waals surface area contributed by atoms with E-state index in [-0.39, 0.29) is 23.6 Å². The van der Waals surface area contributed by atoms with Gasteiger partial charge in [0.25, 0.3) is 5.91 Å². The molecule has 1 aromatic heterocycles. The first kappa shape index (κ1) is 14.4. The maximum atomic E-state index is 12.3. The molecule has 0 saturated carbocycles. The molecule has 0 aliphatic carbocycles. The minimum atomic E-state index is -0.794. The predicted molar refractivity (Wildman–Crippen MR) is 69.9 cm³/mol. The molecule has 0 spiro atoms. The van der Waals surface area contributed by atoms with Crippen LogP contribution in [0.15, 0.2) is 6.20 Å². The van der Waals surface area contributed by atoms with E-state index in [9.17, 15) is 9.59 Å². The van der Waals surface area contributed by atoms with Crippen molar-refractivity contribution in [2.24, 2.45) is 11.7 Å². The number of nitrogens with zero attached hydrogens (tertiary/aromatic N) is 4. The first-order valence-electron chi connectivity index (χ1n) is 6.67. The number of hydrogen-bond acceptors (Lipinski definition) is 5. The number of amides is 1. The van der Waals surface area contributed by atoms with Crippen LogP contribution in [0.2, 0.25) is 0 Å². The van der Waals surface area contributed by atoms with E-state index in [4.69, 9.17) is 10.8 Å². The van der Waals surface area contributed by atoms with Crippen molar-refractivity contribution in [1.82, 2.24) is 19.9 Å². The number of carbonyl (C=O) groups is 2. The second kappa shape index (κ2) is 6.00. The first-order valence-corrected chi connectivity index (χ1v) is 6.67. The average molecular weight is 281 g/mol. The van der Waals surface area contributed by atoms with Crippen LogP contribution in [0, 0.1) is 5.92 Å². The van der Waals surface area contributed by atoms with Gasteiger partial charge in [0.05, 0.1) is 18.7 Å². The van der Waals surface area contributed by atoms with E-state index >= 15 is 0 Å². The van der Waals surface area contributed by atoms with Crippen molar-refractivity contribution in [2.75, 3.05) is 13.1 Å². The predicted octanol–water partition coefficient (Wildman–Crippen LogP) is -0.438. The average Bonchev–Trinajstić information content (AvgIpc) is 2.87. The lowest BCUT2D eigenvalue weighted by Crippen LogP contribution is -2.46. The molecule has 1 saturated heterocycles. The number of carboxylic acids is 1. The summed E-state index contributed by atoms with van der Waals surface area (Å²) in [6.07, 6.45) is 2.52. The highest BCUT2D eigenvalue weighted by Gasteiger charge is 2.33. The molecule has 0 aromatic carbocycles. The van der Waals surface area contributed by atoms with Gasteiger partial charge >= 0.3 is 5.97 Å².